The molecule has 2 aromatic carbocycles. The molecule has 0 saturated heterocycles. The number of esters is 1. The van der Waals surface area contributed by atoms with Crippen LogP contribution in [0.2, 0.25) is 0 Å². The standard InChI is InChI=1S/C18H16F3NO3/c1-11-6-3-4-9-15(11)17(24)25-12(2)16(23)22-14-8-5-7-13(10-14)18(19,20)21/h3-10,12H,1-2H3,(H,22,23)/t12-/m1/s1. The van der Waals surface area contributed by atoms with Crippen molar-refractivity contribution >= 4 is 17.6 Å². The van der Waals surface area contributed by atoms with Crippen LogP contribution < -0.4 is 5.32 Å². The number of hydrogen-bond donors (Lipinski definition) is 1. The Balaban J connectivity index is 2.04. The van der Waals surface area contributed by atoms with E-state index in [9.17, 15) is 22.8 Å². The van der Waals surface area contributed by atoms with Gasteiger partial charge in [0.1, 0.15) is 0 Å². The summed E-state index contributed by atoms with van der Waals surface area (Å²) >= 11 is 0. The van der Waals surface area contributed by atoms with Crippen LogP contribution in [0.25, 0.3) is 0 Å². The number of benzene rings is 2. The molecule has 0 spiro atoms. The number of carbonyl (C=O) groups is 2. The Labute approximate surface area is 142 Å². The molecule has 1 atom stereocenters. The summed E-state index contributed by atoms with van der Waals surface area (Å²) in [7, 11) is 0. The van der Waals surface area contributed by atoms with Gasteiger partial charge < -0.3 is 10.1 Å². The van der Waals surface area contributed by atoms with E-state index >= 15 is 0 Å². The topological polar surface area (TPSA) is 55.4 Å². The van der Waals surface area contributed by atoms with Crippen LogP contribution in [0.4, 0.5) is 18.9 Å². The molecule has 7 heteroatoms. The zero-order valence-corrected chi connectivity index (χ0v) is 13.6. The lowest BCUT2D eigenvalue weighted by Crippen LogP contribution is -2.30. The molecule has 0 radical (unpaired) electrons. The molecule has 1 N–H and O–H groups in total. The molecule has 132 valence electrons. The van der Waals surface area contributed by atoms with Gasteiger partial charge in [0.15, 0.2) is 6.10 Å². The Morgan fingerprint density at radius 1 is 1.08 bits per heavy atom. The lowest BCUT2D eigenvalue weighted by molar-refractivity contribution is -0.137. The Hall–Kier alpha value is -2.83. The third kappa shape index (κ3) is 4.82. The van der Waals surface area contributed by atoms with Crippen molar-refractivity contribution in [3.8, 4) is 0 Å². The molecule has 0 aliphatic heterocycles. The summed E-state index contributed by atoms with van der Waals surface area (Å²) in [6, 6.07) is 10.9. The highest BCUT2D eigenvalue weighted by Crippen LogP contribution is 2.30. The second-order valence-electron chi connectivity index (χ2n) is 5.43. The molecule has 0 unspecified atom stereocenters. The fourth-order valence-electron chi connectivity index (χ4n) is 2.10. The monoisotopic (exact) mass is 351 g/mol. The summed E-state index contributed by atoms with van der Waals surface area (Å²) in [4.78, 5) is 24.1. The lowest BCUT2D eigenvalue weighted by atomic mass is 10.1. The first-order chi connectivity index (χ1) is 11.7. The van der Waals surface area contributed by atoms with Crippen molar-refractivity contribution in [1.82, 2.24) is 0 Å². The van der Waals surface area contributed by atoms with Gasteiger partial charge in [-0.25, -0.2) is 4.79 Å². The number of amides is 1. The van der Waals surface area contributed by atoms with Gasteiger partial charge in [-0.15, -0.1) is 0 Å². The normalized spacial score (nSPS) is 12.4. The Morgan fingerprint density at radius 3 is 2.40 bits per heavy atom. The molecule has 25 heavy (non-hydrogen) atoms. The van der Waals surface area contributed by atoms with E-state index in [2.05, 4.69) is 5.32 Å². The number of anilines is 1. The largest absolute Gasteiger partial charge is 0.449 e. The average Bonchev–Trinajstić information content (AvgIpc) is 2.54. The Bertz CT molecular complexity index is 787. The van der Waals surface area contributed by atoms with Gasteiger partial charge in [-0.2, -0.15) is 13.2 Å². The maximum atomic E-state index is 12.7. The van der Waals surface area contributed by atoms with Gasteiger partial charge in [-0.3, -0.25) is 4.79 Å². The minimum absolute atomic E-state index is 0.0291. The van der Waals surface area contributed by atoms with Crippen molar-refractivity contribution in [2.24, 2.45) is 0 Å². The van der Waals surface area contributed by atoms with Crippen LogP contribution in [0.5, 0.6) is 0 Å². The molecular formula is C18H16F3NO3. The second-order valence-corrected chi connectivity index (χ2v) is 5.43. The van der Waals surface area contributed by atoms with Crippen LogP contribution >= 0.6 is 0 Å². The zero-order valence-electron chi connectivity index (χ0n) is 13.6. The number of ether oxygens (including phenoxy) is 1. The van der Waals surface area contributed by atoms with E-state index in [1.165, 1.54) is 19.1 Å². The molecule has 0 aliphatic carbocycles. The summed E-state index contributed by atoms with van der Waals surface area (Å²) in [6.07, 6.45) is -5.68. The molecule has 0 saturated carbocycles. The van der Waals surface area contributed by atoms with Crippen molar-refractivity contribution in [3.05, 3.63) is 65.2 Å². The van der Waals surface area contributed by atoms with E-state index < -0.39 is 29.7 Å². The van der Waals surface area contributed by atoms with Crippen LogP contribution in [-0.4, -0.2) is 18.0 Å². The summed E-state index contributed by atoms with van der Waals surface area (Å²) < 4.78 is 43.1. The minimum atomic E-state index is -4.51. The van der Waals surface area contributed by atoms with Crippen molar-refractivity contribution < 1.29 is 27.5 Å². The van der Waals surface area contributed by atoms with E-state index in [1.807, 2.05) is 0 Å². The fraction of sp³-hybridized carbons (Fsp3) is 0.222. The number of nitrogens with one attached hydrogen (secondary N) is 1. The van der Waals surface area contributed by atoms with E-state index in [0.29, 0.717) is 11.1 Å². The predicted molar refractivity (Wildman–Crippen MR) is 86.1 cm³/mol. The SMILES string of the molecule is Cc1ccccc1C(=O)O[C@H](C)C(=O)Nc1cccc(C(F)(F)F)c1. The second kappa shape index (κ2) is 7.38. The molecule has 0 aromatic heterocycles. The smallest absolute Gasteiger partial charge is 0.416 e. The molecule has 1 amide bonds. The molecule has 2 aromatic rings. The first-order valence-corrected chi connectivity index (χ1v) is 7.43. The third-order valence-corrected chi connectivity index (χ3v) is 3.48. The van der Waals surface area contributed by atoms with Crippen LogP contribution in [-0.2, 0) is 15.7 Å². The molecule has 0 bridgehead atoms. The van der Waals surface area contributed by atoms with Crippen LogP contribution in [0, 0.1) is 6.92 Å². The number of alkyl halides is 3. The summed E-state index contributed by atoms with van der Waals surface area (Å²) in [5.41, 5.74) is 0.104. The highest BCUT2D eigenvalue weighted by Gasteiger charge is 2.30. The van der Waals surface area contributed by atoms with Gasteiger partial charge in [0.2, 0.25) is 0 Å². The van der Waals surface area contributed by atoms with Crippen molar-refractivity contribution in [1.29, 1.82) is 0 Å². The average molecular weight is 351 g/mol. The van der Waals surface area contributed by atoms with Crippen molar-refractivity contribution in [2.45, 2.75) is 26.1 Å². The third-order valence-electron chi connectivity index (χ3n) is 3.48. The summed E-state index contributed by atoms with van der Waals surface area (Å²) in [5, 5.41) is 2.31. The molecular weight excluding hydrogens is 335 g/mol. The maximum absolute atomic E-state index is 12.7. The molecule has 4 nitrogen and oxygen atoms in total. The predicted octanol–water partition coefficient (Wildman–Crippen LogP) is 4.20. The van der Waals surface area contributed by atoms with Crippen molar-refractivity contribution in [3.63, 3.8) is 0 Å². The molecule has 0 aliphatic rings. The molecule has 0 fully saturated rings. The quantitative estimate of drug-likeness (QED) is 0.840. The summed E-state index contributed by atoms with van der Waals surface area (Å²) in [6.45, 7) is 3.07. The van der Waals surface area contributed by atoms with E-state index in [-0.39, 0.29) is 5.69 Å². The summed E-state index contributed by atoms with van der Waals surface area (Å²) in [5.74, 6) is -1.40. The Morgan fingerprint density at radius 2 is 1.76 bits per heavy atom. The van der Waals surface area contributed by atoms with Gasteiger partial charge in [-0.05, 0) is 43.7 Å². The lowest BCUT2D eigenvalue weighted by Gasteiger charge is -2.15. The number of halogens is 3. The Kier molecular flexibility index (Phi) is 5.46. The molecule has 0 heterocycles. The highest BCUT2D eigenvalue weighted by molar-refractivity contribution is 5.97. The first kappa shape index (κ1) is 18.5. The fourth-order valence-corrected chi connectivity index (χ4v) is 2.10. The zero-order chi connectivity index (χ0) is 18.6. The van der Waals surface area contributed by atoms with E-state index in [4.69, 9.17) is 4.74 Å². The minimum Gasteiger partial charge on any atom is -0.449 e. The van der Waals surface area contributed by atoms with Gasteiger partial charge in [-0.1, -0.05) is 24.3 Å². The van der Waals surface area contributed by atoms with Crippen LogP contribution in [0.3, 0.4) is 0 Å². The maximum Gasteiger partial charge on any atom is 0.416 e. The number of carbonyl (C=O) groups excluding carboxylic acids is 2. The van der Waals surface area contributed by atoms with Gasteiger partial charge in [0.25, 0.3) is 5.91 Å². The number of rotatable bonds is 4. The van der Waals surface area contributed by atoms with Gasteiger partial charge in [0.05, 0.1) is 11.1 Å². The van der Waals surface area contributed by atoms with Crippen LogP contribution in [0.1, 0.15) is 28.4 Å². The van der Waals surface area contributed by atoms with Crippen molar-refractivity contribution in [2.75, 3.05) is 5.32 Å². The first-order valence-electron chi connectivity index (χ1n) is 7.43. The van der Waals surface area contributed by atoms with E-state index in [1.54, 1.807) is 31.2 Å². The van der Waals surface area contributed by atoms with Crippen LogP contribution in [0.15, 0.2) is 48.5 Å². The highest BCUT2D eigenvalue weighted by atomic mass is 19.4. The number of aryl methyl sites for hydroxylation is 1. The molecule has 2 rings (SSSR count). The number of hydrogen-bond acceptors (Lipinski definition) is 3. The van der Waals surface area contributed by atoms with Gasteiger partial charge >= 0.3 is 12.1 Å². The van der Waals surface area contributed by atoms with E-state index in [0.717, 1.165) is 12.1 Å². The van der Waals surface area contributed by atoms with Gasteiger partial charge in [0, 0.05) is 5.69 Å².